The minimum absolute atomic E-state index is 0. The minimum Gasteiger partial charge on any atom is -0.497 e. The Hall–Kier alpha value is -0.930. The van der Waals surface area contributed by atoms with E-state index in [1.165, 1.54) is 32.1 Å². The summed E-state index contributed by atoms with van der Waals surface area (Å²) < 4.78 is 11.4. The molecule has 2 aliphatic carbocycles. The molecule has 20 heavy (non-hydrogen) atoms. The molecule has 3 nitrogen and oxygen atoms in total. The maximum absolute atomic E-state index is 6.16. The van der Waals surface area contributed by atoms with Gasteiger partial charge in [0.05, 0.1) is 13.2 Å². The minimum atomic E-state index is -0.0151. The summed E-state index contributed by atoms with van der Waals surface area (Å²) in [6, 6.07) is 5.90. The highest BCUT2D eigenvalue weighted by atomic mass is 35.5. The highest BCUT2D eigenvalue weighted by Crippen LogP contribution is 2.56. The molecular formula is C16H24ClNO2. The van der Waals surface area contributed by atoms with Crippen molar-refractivity contribution in [2.75, 3.05) is 7.11 Å². The first-order chi connectivity index (χ1) is 9.12. The maximum Gasteiger partial charge on any atom is 0.128 e. The van der Waals surface area contributed by atoms with Crippen LogP contribution in [0.5, 0.6) is 11.5 Å². The molecule has 112 valence electrons. The van der Waals surface area contributed by atoms with Crippen molar-refractivity contribution in [3.8, 4) is 11.5 Å². The Kier molecular flexibility index (Phi) is 4.50. The molecule has 0 radical (unpaired) electrons. The Labute approximate surface area is 127 Å². The smallest absolute Gasteiger partial charge is 0.128 e. The lowest BCUT2D eigenvalue weighted by atomic mass is 9.55. The fraction of sp³-hybridized carbons (Fsp3) is 0.625. The first-order valence-electron chi connectivity index (χ1n) is 7.22. The van der Waals surface area contributed by atoms with Crippen LogP contribution in [0.3, 0.4) is 0 Å². The average Bonchev–Trinajstić information content (AvgIpc) is 2.30. The molecule has 2 saturated carbocycles. The fourth-order valence-corrected chi connectivity index (χ4v) is 3.37. The van der Waals surface area contributed by atoms with Crippen molar-refractivity contribution < 1.29 is 9.47 Å². The molecule has 1 aromatic rings. The molecule has 0 heterocycles. The second-order valence-electron chi connectivity index (χ2n) is 6.19. The summed E-state index contributed by atoms with van der Waals surface area (Å²) in [5.74, 6) is 1.73. The van der Waals surface area contributed by atoms with Gasteiger partial charge in [0.25, 0.3) is 0 Å². The predicted octanol–water partition coefficient (Wildman–Crippen LogP) is 3.85. The van der Waals surface area contributed by atoms with Crippen molar-refractivity contribution in [2.24, 2.45) is 11.1 Å². The molecule has 2 N–H and O–H groups in total. The van der Waals surface area contributed by atoms with Gasteiger partial charge in [0.15, 0.2) is 0 Å². The second kappa shape index (κ2) is 5.82. The van der Waals surface area contributed by atoms with Gasteiger partial charge in [-0.2, -0.15) is 0 Å². The largest absolute Gasteiger partial charge is 0.497 e. The second-order valence-corrected chi connectivity index (χ2v) is 6.19. The van der Waals surface area contributed by atoms with Crippen LogP contribution in [0.2, 0.25) is 0 Å². The molecule has 0 saturated heterocycles. The molecule has 4 heteroatoms. The van der Waals surface area contributed by atoms with Gasteiger partial charge in [-0.25, -0.2) is 0 Å². The third-order valence-corrected chi connectivity index (χ3v) is 4.74. The van der Waals surface area contributed by atoms with Crippen molar-refractivity contribution in [3.63, 3.8) is 0 Å². The molecule has 0 amide bonds. The van der Waals surface area contributed by atoms with Gasteiger partial charge in [-0.1, -0.05) is 12.5 Å². The number of benzene rings is 1. The molecule has 0 aliphatic heterocycles. The topological polar surface area (TPSA) is 44.5 Å². The number of methoxy groups -OCH3 is 1. The summed E-state index contributed by atoms with van der Waals surface area (Å²) in [5, 5.41) is 0. The van der Waals surface area contributed by atoms with Gasteiger partial charge < -0.3 is 15.2 Å². The van der Waals surface area contributed by atoms with E-state index in [1.54, 1.807) is 7.11 Å². The van der Waals surface area contributed by atoms with Gasteiger partial charge in [0.2, 0.25) is 0 Å². The zero-order chi connectivity index (χ0) is 13.5. The van der Waals surface area contributed by atoms with E-state index in [0.717, 1.165) is 17.1 Å². The van der Waals surface area contributed by atoms with Crippen molar-refractivity contribution in [2.45, 2.75) is 51.2 Å². The average molecular weight is 298 g/mol. The van der Waals surface area contributed by atoms with Gasteiger partial charge >= 0.3 is 0 Å². The zero-order valence-electron chi connectivity index (χ0n) is 12.2. The van der Waals surface area contributed by atoms with E-state index in [4.69, 9.17) is 15.2 Å². The number of halogens is 1. The molecular weight excluding hydrogens is 274 g/mol. The van der Waals surface area contributed by atoms with Crippen LogP contribution in [-0.4, -0.2) is 13.2 Å². The van der Waals surface area contributed by atoms with Gasteiger partial charge in [-0.3, -0.25) is 0 Å². The third kappa shape index (κ3) is 2.75. The summed E-state index contributed by atoms with van der Waals surface area (Å²) >= 11 is 0. The molecule has 1 spiro atoms. The Morgan fingerprint density at radius 2 is 2.00 bits per heavy atom. The van der Waals surface area contributed by atoms with E-state index in [-0.39, 0.29) is 18.4 Å². The lowest BCUT2D eigenvalue weighted by Crippen LogP contribution is -2.48. The van der Waals surface area contributed by atoms with E-state index < -0.39 is 0 Å². The first-order valence-corrected chi connectivity index (χ1v) is 7.22. The number of ether oxygens (including phenoxy) is 2. The summed E-state index contributed by atoms with van der Waals surface area (Å²) in [5.41, 5.74) is 7.71. The van der Waals surface area contributed by atoms with Crippen LogP contribution in [0.15, 0.2) is 18.2 Å². The van der Waals surface area contributed by atoms with Crippen LogP contribution in [0, 0.1) is 5.41 Å². The van der Waals surface area contributed by atoms with Crippen LogP contribution in [-0.2, 0) is 0 Å². The molecule has 0 aromatic heterocycles. The normalized spacial score (nSPS) is 21.4. The van der Waals surface area contributed by atoms with Gasteiger partial charge in [-0.05, 0) is 44.1 Å². The Balaban J connectivity index is 0.00000147. The predicted molar refractivity (Wildman–Crippen MR) is 82.8 cm³/mol. The molecule has 0 unspecified atom stereocenters. The SMILES string of the molecule is COc1ccc([C@@H](C)N)c(OC2CC3(CCC3)C2)c1.Cl. The van der Waals surface area contributed by atoms with Gasteiger partial charge in [0.1, 0.15) is 11.5 Å². The lowest BCUT2D eigenvalue weighted by Gasteiger charge is -2.53. The maximum atomic E-state index is 6.16. The number of hydrogen-bond acceptors (Lipinski definition) is 3. The Bertz CT molecular complexity index is 464. The zero-order valence-corrected chi connectivity index (χ0v) is 13.0. The quantitative estimate of drug-likeness (QED) is 0.918. The number of rotatable bonds is 4. The summed E-state index contributed by atoms with van der Waals surface area (Å²) in [4.78, 5) is 0. The third-order valence-electron chi connectivity index (χ3n) is 4.74. The van der Waals surface area contributed by atoms with Crippen LogP contribution >= 0.6 is 12.4 Å². The molecule has 0 bridgehead atoms. The van der Waals surface area contributed by atoms with Gasteiger partial charge in [0, 0.05) is 17.7 Å². The number of nitrogens with two attached hydrogens (primary N) is 1. The molecule has 2 fully saturated rings. The monoisotopic (exact) mass is 297 g/mol. The standard InChI is InChI=1S/C16H23NO2.ClH/c1-11(17)14-5-4-12(18-2)8-15(14)19-13-9-16(10-13)6-3-7-16;/h4-5,8,11,13H,3,6-7,9-10,17H2,1-2H3;1H/t11-;/m1./s1. The highest BCUT2D eigenvalue weighted by molar-refractivity contribution is 5.85. The molecule has 1 aromatic carbocycles. The first kappa shape index (κ1) is 15.5. The van der Waals surface area contributed by atoms with E-state index in [1.807, 2.05) is 25.1 Å². The Morgan fingerprint density at radius 3 is 2.50 bits per heavy atom. The summed E-state index contributed by atoms with van der Waals surface area (Å²) in [6.07, 6.45) is 6.98. The highest BCUT2D eigenvalue weighted by Gasteiger charge is 2.49. The van der Waals surface area contributed by atoms with Crippen molar-refractivity contribution in [3.05, 3.63) is 23.8 Å². The van der Waals surface area contributed by atoms with Crippen LogP contribution in [0.1, 0.15) is 50.6 Å². The Morgan fingerprint density at radius 1 is 1.30 bits per heavy atom. The van der Waals surface area contributed by atoms with E-state index >= 15 is 0 Å². The molecule has 1 atom stereocenters. The number of hydrogen-bond donors (Lipinski definition) is 1. The van der Waals surface area contributed by atoms with Crippen molar-refractivity contribution in [1.29, 1.82) is 0 Å². The summed E-state index contributed by atoms with van der Waals surface area (Å²) in [6.45, 7) is 1.99. The van der Waals surface area contributed by atoms with Crippen LogP contribution in [0.4, 0.5) is 0 Å². The van der Waals surface area contributed by atoms with Crippen LogP contribution in [0.25, 0.3) is 0 Å². The van der Waals surface area contributed by atoms with E-state index in [2.05, 4.69) is 0 Å². The van der Waals surface area contributed by atoms with Crippen LogP contribution < -0.4 is 15.2 Å². The van der Waals surface area contributed by atoms with E-state index in [0.29, 0.717) is 11.5 Å². The van der Waals surface area contributed by atoms with Gasteiger partial charge in [-0.15, -0.1) is 12.4 Å². The van der Waals surface area contributed by atoms with Crippen molar-refractivity contribution in [1.82, 2.24) is 0 Å². The van der Waals surface area contributed by atoms with Crippen molar-refractivity contribution >= 4 is 12.4 Å². The fourth-order valence-electron chi connectivity index (χ4n) is 3.37. The molecule has 3 rings (SSSR count). The summed E-state index contributed by atoms with van der Waals surface area (Å²) in [7, 11) is 1.68. The van der Waals surface area contributed by atoms with E-state index in [9.17, 15) is 0 Å². The lowest BCUT2D eigenvalue weighted by molar-refractivity contribution is -0.0685. The molecule has 2 aliphatic rings.